The molecule has 0 aliphatic heterocycles. The first-order chi connectivity index (χ1) is 12.0. The van der Waals surface area contributed by atoms with Gasteiger partial charge in [-0.3, -0.25) is 15.1 Å². The first-order valence-electron chi connectivity index (χ1n) is 8.32. The Hall–Kier alpha value is -2.16. The molecule has 26 heavy (non-hydrogen) atoms. The molecule has 1 atom stereocenters. The van der Waals surface area contributed by atoms with Crippen LogP contribution < -0.4 is 10.6 Å². The maximum absolute atomic E-state index is 10.8. The molecule has 0 amide bonds. The fraction of sp³-hybridized carbons (Fsp3) is 0.316. The largest absolute Gasteiger partial charge is 0.352 e. The molecule has 0 bridgehead atoms. The quantitative estimate of drug-likeness (QED) is 0.219. The molecule has 6 nitrogen and oxygen atoms in total. The summed E-state index contributed by atoms with van der Waals surface area (Å²) in [6.45, 7) is 4.67. The highest BCUT2D eigenvalue weighted by atomic mass is 127. The Bertz CT molecular complexity index is 747. The number of nitro benzene ring substituents is 1. The summed E-state index contributed by atoms with van der Waals surface area (Å²) in [5, 5.41) is 17.4. The number of rotatable bonds is 6. The van der Waals surface area contributed by atoms with Gasteiger partial charge in [0.25, 0.3) is 5.69 Å². The molecule has 0 radical (unpaired) electrons. The molecule has 2 aromatic carbocycles. The molecule has 0 aromatic heterocycles. The number of nitrogens with one attached hydrogen (secondary N) is 2. The lowest BCUT2D eigenvalue weighted by Gasteiger charge is -2.18. The second-order valence-electron chi connectivity index (χ2n) is 5.81. The number of nitro groups is 1. The number of aliphatic imine (C=N–C) groups is 1. The molecule has 1 unspecified atom stereocenters. The van der Waals surface area contributed by atoms with Gasteiger partial charge in [-0.15, -0.1) is 24.0 Å². The van der Waals surface area contributed by atoms with Crippen molar-refractivity contribution in [3.8, 4) is 0 Å². The van der Waals surface area contributed by atoms with Crippen molar-refractivity contribution in [3.63, 3.8) is 0 Å². The highest BCUT2D eigenvalue weighted by Gasteiger charge is 2.09. The molecule has 0 saturated heterocycles. The highest BCUT2D eigenvalue weighted by molar-refractivity contribution is 14.0. The van der Waals surface area contributed by atoms with Crippen molar-refractivity contribution in [2.24, 2.45) is 4.99 Å². The predicted octanol–water partition coefficient (Wildman–Crippen LogP) is 4.20. The van der Waals surface area contributed by atoms with E-state index < -0.39 is 4.92 Å². The fourth-order valence-electron chi connectivity index (χ4n) is 2.49. The number of aryl methyl sites for hydroxylation is 1. The lowest BCUT2D eigenvalue weighted by molar-refractivity contribution is -0.384. The lowest BCUT2D eigenvalue weighted by Crippen LogP contribution is -2.38. The van der Waals surface area contributed by atoms with Crippen LogP contribution >= 0.6 is 24.0 Å². The number of hydrogen-bond donors (Lipinski definition) is 2. The minimum atomic E-state index is -0.390. The van der Waals surface area contributed by atoms with Crippen LogP contribution in [0.25, 0.3) is 0 Å². The van der Waals surface area contributed by atoms with Crippen molar-refractivity contribution in [1.82, 2.24) is 10.6 Å². The fourth-order valence-corrected chi connectivity index (χ4v) is 2.49. The number of benzene rings is 2. The Morgan fingerprint density at radius 1 is 1.19 bits per heavy atom. The Morgan fingerprint density at radius 3 is 2.46 bits per heavy atom. The van der Waals surface area contributed by atoms with E-state index in [0.717, 1.165) is 12.0 Å². The van der Waals surface area contributed by atoms with E-state index in [0.29, 0.717) is 12.5 Å². The second-order valence-corrected chi connectivity index (χ2v) is 5.81. The Morgan fingerprint density at radius 2 is 1.88 bits per heavy atom. The highest BCUT2D eigenvalue weighted by Crippen LogP contribution is 2.14. The molecule has 0 aliphatic rings. The van der Waals surface area contributed by atoms with E-state index >= 15 is 0 Å². The summed E-state index contributed by atoms with van der Waals surface area (Å²) < 4.78 is 0. The molecular formula is C19H25IN4O2. The van der Waals surface area contributed by atoms with Gasteiger partial charge < -0.3 is 10.6 Å². The minimum Gasteiger partial charge on any atom is -0.352 e. The van der Waals surface area contributed by atoms with E-state index in [-0.39, 0.29) is 35.7 Å². The van der Waals surface area contributed by atoms with E-state index in [4.69, 9.17) is 0 Å². The third kappa shape index (κ3) is 6.29. The predicted molar refractivity (Wildman–Crippen MR) is 116 cm³/mol. The van der Waals surface area contributed by atoms with Gasteiger partial charge in [0.2, 0.25) is 0 Å². The normalized spacial score (nSPS) is 12.0. The molecule has 140 valence electrons. The van der Waals surface area contributed by atoms with Crippen LogP contribution in [0.3, 0.4) is 0 Å². The Labute approximate surface area is 171 Å². The summed E-state index contributed by atoms with van der Waals surface area (Å²) in [5.41, 5.74) is 3.41. The van der Waals surface area contributed by atoms with E-state index in [2.05, 4.69) is 53.7 Å². The monoisotopic (exact) mass is 468 g/mol. The Kier molecular flexibility index (Phi) is 9.04. The first kappa shape index (κ1) is 21.9. The molecule has 2 rings (SSSR count). The summed E-state index contributed by atoms with van der Waals surface area (Å²) in [4.78, 5) is 14.7. The van der Waals surface area contributed by atoms with Crippen molar-refractivity contribution < 1.29 is 4.92 Å². The number of non-ortho nitro benzene ring substituents is 1. The van der Waals surface area contributed by atoms with Crippen molar-refractivity contribution in [2.45, 2.75) is 32.9 Å². The maximum Gasteiger partial charge on any atom is 0.269 e. The topological polar surface area (TPSA) is 79.6 Å². The number of halogens is 1. The summed E-state index contributed by atoms with van der Waals surface area (Å²) >= 11 is 0. The van der Waals surface area contributed by atoms with Crippen molar-refractivity contribution >= 4 is 35.6 Å². The van der Waals surface area contributed by atoms with Gasteiger partial charge in [0.05, 0.1) is 11.0 Å². The van der Waals surface area contributed by atoms with Gasteiger partial charge in [0.1, 0.15) is 0 Å². The SMILES string of the molecule is CCc1ccc(C(C)NC(=NC)NCc2cccc([N+](=O)[O-])c2)cc1.I. The first-order valence-corrected chi connectivity index (χ1v) is 8.32. The van der Waals surface area contributed by atoms with E-state index in [1.54, 1.807) is 19.2 Å². The summed E-state index contributed by atoms with van der Waals surface area (Å²) in [6.07, 6.45) is 1.02. The molecule has 2 N–H and O–H groups in total. The summed E-state index contributed by atoms with van der Waals surface area (Å²) in [5.74, 6) is 0.651. The molecule has 0 saturated carbocycles. The number of hydrogen-bond acceptors (Lipinski definition) is 3. The van der Waals surface area contributed by atoms with Crippen molar-refractivity contribution in [1.29, 1.82) is 0 Å². The zero-order valence-electron chi connectivity index (χ0n) is 15.2. The molecular weight excluding hydrogens is 443 g/mol. The number of guanidine groups is 1. The van der Waals surface area contributed by atoms with Crippen LogP contribution in [0, 0.1) is 10.1 Å². The van der Waals surface area contributed by atoms with Gasteiger partial charge in [-0.1, -0.05) is 43.3 Å². The van der Waals surface area contributed by atoms with Gasteiger partial charge >= 0.3 is 0 Å². The molecule has 0 heterocycles. The average Bonchev–Trinajstić information content (AvgIpc) is 2.65. The van der Waals surface area contributed by atoms with Crippen LogP contribution in [0.1, 0.15) is 36.6 Å². The van der Waals surface area contributed by atoms with Crippen LogP contribution in [0.2, 0.25) is 0 Å². The van der Waals surface area contributed by atoms with E-state index in [1.807, 2.05) is 6.07 Å². The van der Waals surface area contributed by atoms with Gasteiger partial charge in [-0.05, 0) is 30.0 Å². The smallest absolute Gasteiger partial charge is 0.269 e. The molecule has 0 spiro atoms. The Balaban J connectivity index is 0.00000338. The number of nitrogens with zero attached hydrogens (tertiary/aromatic N) is 2. The van der Waals surface area contributed by atoms with Crippen LogP contribution in [0.15, 0.2) is 53.5 Å². The van der Waals surface area contributed by atoms with Gasteiger partial charge in [0, 0.05) is 25.7 Å². The van der Waals surface area contributed by atoms with E-state index in [9.17, 15) is 10.1 Å². The molecule has 0 fully saturated rings. The summed E-state index contributed by atoms with van der Waals surface area (Å²) in [6, 6.07) is 15.2. The van der Waals surface area contributed by atoms with Gasteiger partial charge in [-0.2, -0.15) is 0 Å². The average molecular weight is 468 g/mol. The zero-order chi connectivity index (χ0) is 18.2. The van der Waals surface area contributed by atoms with Crippen LogP contribution in [0.4, 0.5) is 5.69 Å². The summed E-state index contributed by atoms with van der Waals surface area (Å²) in [7, 11) is 1.70. The lowest BCUT2D eigenvalue weighted by atomic mass is 10.1. The maximum atomic E-state index is 10.8. The van der Waals surface area contributed by atoms with Crippen LogP contribution in [0.5, 0.6) is 0 Å². The second kappa shape index (κ2) is 10.7. The van der Waals surface area contributed by atoms with Crippen LogP contribution in [-0.2, 0) is 13.0 Å². The van der Waals surface area contributed by atoms with Gasteiger partial charge in [-0.25, -0.2) is 0 Å². The molecule has 7 heteroatoms. The molecule has 2 aromatic rings. The standard InChI is InChI=1S/C19H24N4O2.HI/c1-4-15-8-10-17(11-9-15)14(2)22-19(20-3)21-13-16-6-5-7-18(12-16)23(24)25;/h5-12,14H,4,13H2,1-3H3,(H2,20,21,22);1H. The van der Waals surface area contributed by atoms with Gasteiger partial charge in [0.15, 0.2) is 5.96 Å². The molecule has 0 aliphatic carbocycles. The van der Waals surface area contributed by atoms with Crippen molar-refractivity contribution in [2.75, 3.05) is 7.05 Å². The zero-order valence-corrected chi connectivity index (χ0v) is 17.6. The third-order valence-electron chi connectivity index (χ3n) is 4.05. The minimum absolute atomic E-state index is 0. The third-order valence-corrected chi connectivity index (χ3v) is 4.05. The van der Waals surface area contributed by atoms with E-state index in [1.165, 1.54) is 17.2 Å². The van der Waals surface area contributed by atoms with Crippen LogP contribution in [-0.4, -0.2) is 17.9 Å². The van der Waals surface area contributed by atoms with Crippen molar-refractivity contribution in [3.05, 3.63) is 75.3 Å².